The molecule has 1 aromatic rings. The number of carbonyl (C=O) groups excluding carboxylic acids is 2. The molecule has 1 saturated carbocycles. The van der Waals surface area contributed by atoms with Crippen LogP contribution >= 0.6 is 11.8 Å². The smallest absolute Gasteiger partial charge is 0.323 e. The predicted molar refractivity (Wildman–Crippen MR) is 88.4 cm³/mol. The molecular formula is C18H22O3S. The zero-order valence-electron chi connectivity index (χ0n) is 13.0. The summed E-state index contributed by atoms with van der Waals surface area (Å²) in [6.45, 7) is 2.18. The molecule has 0 radical (unpaired) electrons. The number of hydrogen-bond donors (Lipinski definition) is 0. The first-order valence-corrected chi connectivity index (χ1v) is 9.21. The first-order chi connectivity index (χ1) is 10.7. The molecule has 0 spiro atoms. The molecular weight excluding hydrogens is 296 g/mol. The molecule has 0 N–H and O–H groups in total. The van der Waals surface area contributed by atoms with Crippen molar-refractivity contribution in [2.45, 2.75) is 50.2 Å². The van der Waals surface area contributed by atoms with Gasteiger partial charge in [-0.15, -0.1) is 11.8 Å². The van der Waals surface area contributed by atoms with Crippen LogP contribution in [0.5, 0.6) is 0 Å². The van der Waals surface area contributed by atoms with Crippen LogP contribution in [-0.2, 0) is 9.53 Å². The van der Waals surface area contributed by atoms with E-state index in [0.717, 1.165) is 11.1 Å². The van der Waals surface area contributed by atoms with Gasteiger partial charge in [0, 0.05) is 5.56 Å². The van der Waals surface area contributed by atoms with Crippen molar-refractivity contribution in [1.29, 1.82) is 0 Å². The molecule has 0 amide bonds. The number of hydrogen-bond acceptors (Lipinski definition) is 4. The number of esters is 1. The fourth-order valence-corrected chi connectivity index (χ4v) is 4.54. The minimum Gasteiger partial charge on any atom is -0.465 e. The van der Waals surface area contributed by atoms with E-state index in [-0.39, 0.29) is 17.0 Å². The summed E-state index contributed by atoms with van der Waals surface area (Å²) in [5.41, 5.74) is 2.83. The predicted octanol–water partition coefficient (Wildman–Crippen LogP) is 4.27. The van der Waals surface area contributed by atoms with Crippen LogP contribution in [0, 0.1) is 0 Å². The Kier molecular flexibility index (Phi) is 4.87. The second-order valence-electron chi connectivity index (χ2n) is 6.05. The lowest BCUT2D eigenvalue weighted by atomic mass is 9.82. The Labute approximate surface area is 135 Å². The number of ketones is 1. The quantitative estimate of drug-likeness (QED) is 0.781. The number of rotatable bonds is 3. The van der Waals surface area contributed by atoms with E-state index < -0.39 is 0 Å². The number of fused-ring (bicyclic) bond motifs is 1. The van der Waals surface area contributed by atoms with Crippen molar-refractivity contribution in [3.05, 3.63) is 34.9 Å². The van der Waals surface area contributed by atoms with E-state index in [0.29, 0.717) is 18.3 Å². The molecule has 0 aromatic heterocycles. The third-order valence-corrected chi connectivity index (χ3v) is 5.83. The Morgan fingerprint density at radius 3 is 2.77 bits per heavy atom. The maximum Gasteiger partial charge on any atom is 0.323 e. The van der Waals surface area contributed by atoms with E-state index in [1.54, 1.807) is 0 Å². The average Bonchev–Trinajstić information content (AvgIpc) is 2.56. The van der Waals surface area contributed by atoms with Crippen molar-refractivity contribution in [3.63, 3.8) is 0 Å². The summed E-state index contributed by atoms with van der Waals surface area (Å²) >= 11 is 1.38. The molecule has 1 fully saturated rings. The molecule has 0 bridgehead atoms. The van der Waals surface area contributed by atoms with Gasteiger partial charge in [0.25, 0.3) is 0 Å². The van der Waals surface area contributed by atoms with Crippen molar-refractivity contribution in [2.75, 3.05) is 12.4 Å². The lowest BCUT2D eigenvalue weighted by Gasteiger charge is -2.26. The summed E-state index contributed by atoms with van der Waals surface area (Å²) in [6, 6.07) is 6.13. The number of carbonyl (C=O) groups is 2. The zero-order chi connectivity index (χ0) is 15.5. The van der Waals surface area contributed by atoms with Crippen molar-refractivity contribution >= 4 is 23.5 Å². The largest absolute Gasteiger partial charge is 0.465 e. The van der Waals surface area contributed by atoms with Crippen LogP contribution in [0.3, 0.4) is 0 Å². The molecule has 22 heavy (non-hydrogen) atoms. The molecule has 1 atom stereocenters. The first kappa shape index (κ1) is 15.6. The standard InChI is InChI=1S/C18H22O3S/c1-2-21-18(20)17-14-9-8-13(12-6-4-3-5-7-12)10-15(14)16(19)11-22-17/h8-10,12,17H,2-7,11H2,1H3. The van der Waals surface area contributed by atoms with Gasteiger partial charge < -0.3 is 4.74 Å². The van der Waals surface area contributed by atoms with Crippen LogP contribution in [0.15, 0.2) is 18.2 Å². The SMILES string of the molecule is CCOC(=O)C1SCC(=O)c2cc(C3CCCCC3)ccc21. The van der Waals surface area contributed by atoms with Gasteiger partial charge in [0.2, 0.25) is 0 Å². The molecule has 0 saturated heterocycles. The van der Waals surface area contributed by atoms with Gasteiger partial charge in [-0.1, -0.05) is 31.4 Å². The van der Waals surface area contributed by atoms with E-state index in [4.69, 9.17) is 4.74 Å². The second-order valence-corrected chi connectivity index (χ2v) is 7.14. The fraction of sp³-hybridized carbons (Fsp3) is 0.556. The molecule has 2 aliphatic rings. The second kappa shape index (κ2) is 6.86. The third kappa shape index (κ3) is 3.07. The van der Waals surface area contributed by atoms with Gasteiger partial charge in [-0.3, -0.25) is 9.59 Å². The first-order valence-electron chi connectivity index (χ1n) is 8.16. The molecule has 3 rings (SSSR count). The van der Waals surface area contributed by atoms with Gasteiger partial charge in [-0.05, 0) is 42.9 Å². The molecule has 1 aliphatic heterocycles. The number of thioether (sulfide) groups is 1. The summed E-state index contributed by atoms with van der Waals surface area (Å²) in [5, 5.41) is -0.354. The average molecular weight is 318 g/mol. The van der Waals surface area contributed by atoms with Crippen molar-refractivity contribution in [1.82, 2.24) is 0 Å². The molecule has 1 aliphatic carbocycles. The number of Topliss-reactive ketones (excluding diaryl/α,β-unsaturated/α-hetero) is 1. The van der Waals surface area contributed by atoms with Crippen molar-refractivity contribution in [2.24, 2.45) is 0 Å². The highest BCUT2D eigenvalue weighted by atomic mass is 32.2. The third-order valence-electron chi connectivity index (χ3n) is 4.62. The van der Waals surface area contributed by atoms with Gasteiger partial charge in [0.1, 0.15) is 5.25 Å². The highest BCUT2D eigenvalue weighted by Gasteiger charge is 2.32. The minimum atomic E-state index is -0.354. The molecule has 4 heteroatoms. The summed E-state index contributed by atoms with van der Waals surface area (Å²) in [7, 11) is 0. The Morgan fingerprint density at radius 1 is 1.27 bits per heavy atom. The van der Waals surface area contributed by atoms with Crippen LogP contribution < -0.4 is 0 Å². The topological polar surface area (TPSA) is 43.4 Å². The van der Waals surface area contributed by atoms with E-state index in [1.807, 2.05) is 19.1 Å². The maximum absolute atomic E-state index is 12.3. The van der Waals surface area contributed by atoms with Crippen LogP contribution in [0.1, 0.15) is 71.7 Å². The van der Waals surface area contributed by atoms with E-state index >= 15 is 0 Å². The van der Waals surface area contributed by atoms with Crippen molar-refractivity contribution < 1.29 is 14.3 Å². The van der Waals surface area contributed by atoms with Gasteiger partial charge >= 0.3 is 5.97 Å². The van der Waals surface area contributed by atoms with Crippen LogP contribution in [0.25, 0.3) is 0 Å². The van der Waals surface area contributed by atoms with Crippen LogP contribution in [0.2, 0.25) is 0 Å². The van der Waals surface area contributed by atoms with E-state index in [9.17, 15) is 9.59 Å². The van der Waals surface area contributed by atoms with Crippen LogP contribution in [0.4, 0.5) is 0 Å². The molecule has 1 unspecified atom stereocenters. The molecule has 1 heterocycles. The molecule has 1 aromatic carbocycles. The minimum absolute atomic E-state index is 0.137. The normalized spacial score (nSPS) is 22.2. The Morgan fingerprint density at radius 2 is 2.05 bits per heavy atom. The molecule has 3 nitrogen and oxygen atoms in total. The Bertz CT molecular complexity index is 576. The fourth-order valence-electron chi connectivity index (χ4n) is 3.47. The van der Waals surface area contributed by atoms with Gasteiger partial charge in [-0.2, -0.15) is 0 Å². The highest BCUT2D eigenvalue weighted by Crippen LogP contribution is 2.40. The number of ether oxygens (including phenoxy) is 1. The lowest BCUT2D eigenvalue weighted by Crippen LogP contribution is -2.23. The lowest BCUT2D eigenvalue weighted by molar-refractivity contribution is -0.142. The summed E-state index contributed by atoms with van der Waals surface area (Å²) < 4.78 is 5.15. The Hall–Kier alpha value is -1.29. The van der Waals surface area contributed by atoms with Gasteiger partial charge in [-0.25, -0.2) is 0 Å². The highest BCUT2D eigenvalue weighted by molar-refractivity contribution is 8.01. The Balaban J connectivity index is 1.90. The zero-order valence-corrected chi connectivity index (χ0v) is 13.8. The summed E-state index contributed by atoms with van der Waals surface area (Å²) in [4.78, 5) is 24.4. The monoisotopic (exact) mass is 318 g/mol. The van der Waals surface area contributed by atoms with Crippen molar-refractivity contribution in [3.8, 4) is 0 Å². The summed E-state index contributed by atoms with van der Waals surface area (Å²) in [5.74, 6) is 0.845. The van der Waals surface area contributed by atoms with E-state index in [2.05, 4.69) is 6.07 Å². The number of benzene rings is 1. The van der Waals surface area contributed by atoms with Gasteiger partial charge in [0.05, 0.1) is 12.4 Å². The summed E-state index contributed by atoms with van der Waals surface area (Å²) in [6.07, 6.45) is 6.29. The molecule has 118 valence electrons. The maximum atomic E-state index is 12.3. The van der Waals surface area contributed by atoms with Crippen LogP contribution in [-0.4, -0.2) is 24.1 Å². The van der Waals surface area contributed by atoms with Gasteiger partial charge in [0.15, 0.2) is 5.78 Å². The van der Waals surface area contributed by atoms with E-state index in [1.165, 1.54) is 49.4 Å².